The van der Waals surface area contributed by atoms with Crippen LogP contribution in [0.3, 0.4) is 0 Å². The van der Waals surface area contributed by atoms with E-state index in [0.717, 1.165) is 25.4 Å². The minimum atomic E-state index is 0.668. The van der Waals surface area contributed by atoms with Gasteiger partial charge in [0.2, 0.25) is 0 Å². The van der Waals surface area contributed by atoms with Crippen molar-refractivity contribution in [2.75, 3.05) is 27.2 Å². The molecule has 1 aliphatic rings. The molecular formula is C16H26N2O. The maximum atomic E-state index is 5.44. The molecule has 1 aliphatic heterocycles. The zero-order valence-corrected chi connectivity index (χ0v) is 12.8. The van der Waals surface area contributed by atoms with Gasteiger partial charge in [0.25, 0.3) is 0 Å². The minimum Gasteiger partial charge on any atom is -0.496 e. The van der Waals surface area contributed by atoms with Crippen molar-refractivity contribution >= 4 is 0 Å². The van der Waals surface area contributed by atoms with Crippen LogP contribution in [0.2, 0.25) is 0 Å². The Balaban J connectivity index is 2.22. The number of hydrogen-bond acceptors (Lipinski definition) is 3. The van der Waals surface area contributed by atoms with Crippen LogP contribution in [0.15, 0.2) is 6.07 Å². The number of nitrogens with zero attached hydrogens (tertiary/aromatic N) is 1. The lowest BCUT2D eigenvalue weighted by molar-refractivity contribution is 0.248. The first kappa shape index (κ1) is 14.4. The summed E-state index contributed by atoms with van der Waals surface area (Å²) >= 11 is 0. The lowest BCUT2D eigenvalue weighted by Gasteiger charge is -2.26. The highest BCUT2D eigenvalue weighted by Gasteiger charge is 2.21. The van der Waals surface area contributed by atoms with Gasteiger partial charge in [-0.3, -0.25) is 4.90 Å². The van der Waals surface area contributed by atoms with Gasteiger partial charge >= 0.3 is 0 Å². The SMILES string of the molecule is COc1cc(C)c(CN(C)C2CCNC2)c(C)c1C. The summed E-state index contributed by atoms with van der Waals surface area (Å²) < 4.78 is 5.44. The van der Waals surface area contributed by atoms with Crippen molar-refractivity contribution in [3.8, 4) is 5.75 Å². The topological polar surface area (TPSA) is 24.5 Å². The first-order valence-corrected chi connectivity index (χ1v) is 7.09. The lowest BCUT2D eigenvalue weighted by Crippen LogP contribution is -2.33. The molecule has 1 heterocycles. The maximum Gasteiger partial charge on any atom is 0.122 e. The van der Waals surface area contributed by atoms with Gasteiger partial charge in [-0.2, -0.15) is 0 Å². The van der Waals surface area contributed by atoms with Crippen LogP contribution in [-0.2, 0) is 6.54 Å². The average molecular weight is 262 g/mol. The fourth-order valence-electron chi connectivity index (χ4n) is 2.95. The van der Waals surface area contributed by atoms with E-state index in [9.17, 15) is 0 Å². The van der Waals surface area contributed by atoms with Crippen molar-refractivity contribution in [1.29, 1.82) is 0 Å². The van der Waals surface area contributed by atoms with Gasteiger partial charge in [0.1, 0.15) is 5.75 Å². The fourth-order valence-corrected chi connectivity index (χ4v) is 2.95. The number of likely N-dealkylation sites (N-methyl/N-ethyl adjacent to an activating group) is 1. The molecule has 1 aromatic carbocycles. The molecule has 3 heteroatoms. The van der Waals surface area contributed by atoms with Gasteiger partial charge in [0, 0.05) is 19.1 Å². The molecule has 0 amide bonds. The van der Waals surface area contributed by atoms with Crippen molar-refractivity contribution in [3.05, 3.63) is 28.3 Å². The fraction of sp³-hybridized carbons (Fsp3) is 0.625. The summed E-state index contributed by atoms with van der Waals surface area (Å²) in [6.45, 7) is 9.83. The Labute approximate surface area is 116 Å². The van der Waals surface area contributed by atoms with E-state index in [1.54, 1.807) is 7.11 Å². The molecule has 1 fully saturated rings. The molecule has 0 spiro atoms. The van der Waals surface area contributed by atoms with Crippen LogP contribution < -0.4 is 10.1 Å². The molecule has 0 bridgehead atoms. The smallest absolute Gasteiger partial charge is 0.122 e. The van der Waals surface area contributed by atoms with E-state index in [-0.39, 0.29) is 0 Å². The Bertz CT molecular complexity index is 451. The van der Waals surface area contributed by atoms with Gasteiger partial charge in [-0.25, -0.2) is 0 Å². The zero-order chi connectivity index (χ0) is 14.0. The number of rotatable bonds is 4. The van der Waals surface area contributed by atoms with Crippen LogP contribution in [0.25, 0.3) is 0 Å². The van der Waals surface area contributed by atoms with Gasteiger partial charge in [-0.1, -0.05) is 0 Å². The highest BCUT2D eigenvalue weighted by atomic mass is 16.5. The Kier molecular flexibility index (Phi) is 4.48. The third-order valence-electron chi connectivity index (χ3n) is 4.49. The van der Waals surface area contributed by atoms with Crippen LogP contribution in [0.4, 0.5) is 0 Å². The van der Waals surface area contributed by atoms with Gasteiger partial charge in [-0.15, -0.1) is 0 Å². The first-order chi connectivity index (χ1) is 9.04. The molecule has 1 aromatic rings. The van der Waals surface area contributed by atoms with E-state index < -0.39 is 0 Å². The van der Waals surface area contributed by atoms with Crippen LogP contribution >= 0.6 is 0 Å². The van der Waals surface area contributed by atoms with Crippen molar-refractivity contribution in [2.45, 2.75) is 39.8 Å². The number of ether oxygens (including phenoxy) is 1. The molecule has 0 radical (unpaired) electrons. The van der Waals surface area contributed by atoms with Gasteiger partial charge < -0.3 is 10.1 Å². The van der Waals surface area contributed by atoms with E-state index >= 15 is 0 Å². The number of aryl methyl sites for hydroxylation is 1. The second kappa shape index (κ2) is 5.93. The Morgan fingerprint density at radius 1 is 1.32 bits per heavy atom. The number of benzene rings is 1. The molecular weight excluding hydrogens is 236 g/mol. The summed E-state index contributed by atoms with van der Waals surface area (Å²) in [4.78, 5) is 2.47. The normalized spacial score (nSPS) is 19.2. The van der Waals surface area contributed by atoms with Crippen molar-refractivity contribution < 1.29 is 4.74 Å². The predicted octanol–water partition coefficient (Wildman–Crippen LogP) is 2.41. The number of hydrogen-bond donors (Lipinski definition) is 1. The average Bonchev–Trinajstić information content (AvgIpc) is 2.92. The van der Waals surface area contributed by atoms with Crippen LogP contribution in [0.5, 0.6) is 5.75 Å². The van der Waals surface area contributed by atoms with Gasteiger partial charge in [0.15, 0.2) is 0 Å². The van der Waals surface area contributed by atoms with E-state index in [0.29, 0.717) is 6.04 Å². The molecule has 1 N–H and O–H groups in total. The monoisotopic (exact) mass is 262 g/mol. The molecule has 2 rings (SSSR count). The third kappa shape index (κ3) is 2.93. The lowest BCUT2D eigenvalue weighted by atomic mass is 9.96. The Morgan fingerprint density at radius 2 is 2.05 bits per heavy atom. The Hall–Kier alpha value is -1.06. The summed E-state index contributed by atoms with van der Waals surface area (Å²) in [5.74, 6) is 1.00. The summed E-state index contributed by atoms with van der Waals surface area (Å²) in [6, 6.07) is 2.83. The zero-order valence-electron chi connectivity index (χ0n) is 12.8. The van der Waals surface area contributed by atoms with Crippen molar-refractivity contribution in [3.63, 3.8) is 0 Å². The number of nitrogens with one attached hydrogen (secondary N) is 1. The third-order valence-corrected chi connectivity index (χ3v) is 4.49. The highest BCUT2D eigenvalue weighted by molar-refractivity contribution is 5.48. The molecule has 0 saturated carbocycles. The van der Waals surface area contributed by atoms with E-state index in [4.69, 9.17) is 4.74 Å². The molecule has 0 aliphatic carbocycles. The Morgan fingerprint density at radius 3 is 2.63 bits per heavy atom. The molecule has 19 heavy (non-hydrogen) atoms. The predicted molar refractivity (Wildman–Crippen MR) is 79.9 cm³/mol. The number of methoxy groups -OCH3 is 1. The van der Waals surface area contributed by atoms with Crippen LogP contribution in [0, 0.1) is 20.8 Å². The quantitative estimate of drug-likeness (QED) is 0.902. The largest absolute Gasteiger partial charge is 0.496 e. The second-order valence-corrected chi connectivity index (χ2v) is 5.69. The van der Waals surface area contributed by atoms with Crippen molar-refractivity contribution in [1.82, 2.24) is 10.2 Å². The summed E-state index contributed by atoms with van der Waals surface area (Å²) in [5, 5.41) is 3.44. The summed E-state index contributed by atoms with van der Waals surface area (Å²) in [6.07, 6.45) is 1.25. The molecule has 0 aromatic heterocycles. The minimum absolute atomic E-state index is 0.668. The molecule has 106 valence electrons. The second-order valence-electron chi connectivity index (χ2n) is 5.69. The summed E-state index contributed by atoms with van der Waals surface area (Å²) in [7, 11) is 3.98. The first-order valence-electron chi connectivity index (χ1n) is 7.09. The molecule has 1 atom stereocenters. The summed E-state index contributed by atoms with van der Waals surface area (Å²) in [5.41, 5.74) is 5.42. The highest BCUT2D eigenvalue weighted by Crippen LogP contribution is 2.28. The standard InChI is InChI=1S/C16H26N2O/c1-11-8-16(19-5)13(3)12(2)15(11)10-18(4)14-6-7-17-9-14/h8,14,17H,6-7,9-10H2,1-5H3. The molecule has 3 nitrogen and oxygen atoms in total. The van der Waals surface area contributed by atoms with Crippen LogP contribution in [-0.4, -0.2) is 38.2 Å². The van der Waals surface area contributed by atoms with Crippen LogP contribution in [0.1, 0.15) is 28.7 Å². The maximum absolute atomic E-state index is 5.44. The van der Waals surface area contributed by atoms with E-state index in [1.807, 2.05) is 0 Å². The van der Waals surface area contributed by atoms with Gasteiger partial charge in [0.05, 0.1) is 7.11 Å². The molecule has 1 unspecified atom stereocenters. The van der Waals surface area contributed by atoms with Crippen molar-refractivity contribution in [2.24, 2.45) is 0 Å². The van der Waals surface area contributed by atoms with Gasteiger partial charge in [-0.05, 0) is 69.1 Å². The van der Waals surface area contributed by atoms with E-state index in [1.165, 1.54) is 28.7 Å². The molecule has 1 saturated heterocycles. The van der Waals surface area contributed by atoms with E-state index in [2.05, 4.69) is 44.1 Å².